The van der Waals surface area contributed by atoms with Gasteiger partial charge >= 0.3 is 0 Å². The van der Waals surface area contributed by atoms with Crippen LogP contribution in [0.3, 0.4) is 0 Å². The first-order chi connectivity index (χ1) is 4.93. The summed E-state index contributed by atoms with van der Waals surface area (Å²) in [5.41, 5.74) is 0. The third-order valence-corrected chi connectivity index (χ3v) is 2.57. The Morgan fingerprint density at radius 2 is 2.40 bits per heavy atom. The van der Waals surface area contributed by atoms with Gasteiger partial charge in [-0.05, 0) is 22.9 Å². The van der Waals surface area contributed by atoms with Crippen LogP contribution >= 0.6 is 21.9 Å². The van der Waals surface area contributed by atoms with Gasteiger partial charge in [0.25, 0.3) is 0 Å². The molecule has 1 rings (SSSR count). The summed E-state index contributed by atoms with van der Waals surface area (Å²) in [6, 6.07) is 5.78. The normalized spacial score (nSPS) is 9.70. The van der Waals surface area contributed by atoms with Crippen molar-refractivity contribution < 1.29 is 4.18 Å². The van der Waals surface area contributed by atoms with E-state index >= 15 is 0 Å². The summed E-state index contributed by atoms with van der Waals surface area (Å²) in [4.78, 5) is 4.08. The van der Waals surface area contributed by atoms with Crippen LogP contribution in [0.15, 0.2) is 29.4 Å². The predicted octanol–water partition coefficient (Wildman–Crippen LogP) is 2.38. The summed E-state index contributed by atoms with van der Waals surface area (Å²) in [5.74, 6) is 0. The predicted molar refractivity (Wildman–Crippen MR) is 44.7 cm³/mol. The maximum Gasteiger partial charge on any atom is 0.109 e. The Hall–Kier alpha value is -0.190. The van der Waals surface area contributed by atoms with Crippen LogP contribution < -0.4 is 0 Å². The van der Waals surface area contributed by atoms with E-state index in [4.69, 9.17) is 4.18 Å². The summed E-state index contributed by atoms with van der Waals surface area (Å²) in [6.45, 7) is 0. The largest absolute Gasteiger partial charge is 0.308 e. The second-order valence-corrected chi connectivity index (χ2v) is 3.45. The van der Waals surface area contributed by atoms with Crippen LogP contribution in [0.2, 0.25) is 0 Å². The van der Waals surface area contributed by atoms with Gasteiger partial charge in [0.15, 0.2) is 0 Å². The standard InChI is InChI=1S/C6H7NOS2/c1-8-10-9-6-4-2-3-5-7-6/h2-5H,1H3. The highest BCUT2D eigenvalue weighted by Gasteiger charge is 1.91. The van der Waals surface area contributed by atoms with Gasteiger partial charge in [0.2, 0.25) is 0 Å². The smallest absolute Gasteiger partial charge is 0.109 e. The molecule has 0 aliphatic rings. The molecular weight excluding hydrogens is 166 g/mol. The number of pyridine rings is 1. The quantitative estimate of drug-likeness (QED) is 0.517. The molecular formula is C6H7NOS2. The van der Waals surface area contributed by atoms with Crippen molar-refractivity contribution >= 4 is 21.9 Å². The second-order valence-electron chi connectivity index (χ2n) is 1.49. The van der Waals surface area contributed by atoms with Crippen molar-refractivity contribution in [3.05, 3.63) is 24.4 Å². The average molecular weight is 173 g/mol. The van der Waals surface area contributed by atoms with E-state index in [-0.39, 0.29) is 0 Å². The molecule has 0 atom stereocenters. The zero-order valence-corrected chi connectivity index (χ0v) is 7.11. The van der Waals surface area contributed by atoms with E-state index in [1.54, 1.807) is 13.3 Å². The molecule has 0 radical (unpaired) electrons. The lowest BCUT2D eigenvalue weighted by molar-refractivity contribution is 0.498. The average Bonchev–Trinajstić information content (AvgIpc) is 2.03. The summed E-state index contributed by atoms with van der Waals surface area (Å²) < 4.78 is 4.79. The van der Waals surface area contributed by atoms with Crippen LogP contribution in [-0.4, -0.2) is 12.1 Å². The molecule has 1 aromatic rings. The molecule has 54 valence electrons. The summed E-state index contributed by atoms with van der Waals surface area (Å²) >= 11 is 1.32. The van der Waals surface area contributed by atoms with Gasteiger partial charge in [-0.1, -0.05) is 6.07 Å². The molecule has 0 saturated heterocycles. The van der Waals surface area contributed by atoms with Crippen LogP contribution in [-0.2, 0) is 4.18 Å². The van der Waals surface area contributed by atoms with Crippen molar-refractivity contribution in [2.75, 3.05) is 7.11 Å². The summed E-state index contributed by atoms with van der Waals surface area (Å²) in [6.07, 6.45) is 1.76. The summed E-state index contributed by atoms with van der Waals surface area (Å²) in [7, 11) is 3.14. The van der Waals surface area contributed by atoms with Crippen molar-refractivity contribution in [2.45, 2.75) is 5.03 Å². The fraction of sp³-hybridized carbons (Fsp3) is 0.167. The van der Waals surface area contributed by atoms with Crippen LogP contribution in [0.5, 0.6) is 0 Å². The first kappa shape index (κ1) is 7.91. The van der Waals surface area contributed by atoms with Crippen molar-refractivity contribution in [1.82, 2.24) is 4.98 Å². The topological polar surface area (TPSA) is 22.1 Å². The highest BCUT2D eigenvalue weighted by Crippen LogP contribution is 2.28. The molecule has 1 heterocycles. The van der Waals surface area contributed by atoms with E-state index < -0.39 is 0 Å². The van der Waals surface area contributed by atoms with Crippen molar-refractivity contribution in [2.24, 2.45) is 0 Å². The van der Waals surface area contributed by atoms with Crippen LogP contribution in [0.1, 0.15) is 0 Å². The lowest BCUT2D eigenvalue weighted by atomic mass is 10.5. The molecule has 0 spiro atoms. The van der Waals surface area contributed by atoms with Gasteiger partial charge in [0, 0.05) is 6.20 Å². The van der Waals surface area contributed by atoms with Gasteiger partial charge in [0.1, 0.15) is 5.03 Å². The first-order valence-electron chi connectivity index (χ1n) is 2.72. The molecule has 0 aliphatic heterocycles. The molecule has 0 unspecified atom stereocenters. The minimum atomic E-state index is 0.967. The Morgan fingerprint density at radius 3 is 3.00 bits per heavy atom. The minimum absolute atomic E-state index is 0.967. The third kappa shape index (κ3) is 2.60. The second kappa shape index (κ2) is 4.60. The van der Waals surface area contributed by atoms with E-state index in [1.807, 2.05) is 18.2 Å². The summed E-state index contributed by atoms with van der Waals surface area (Å²) in [5, 5.41) is 0.967. The molecule has 10 heavy (non-hydrogen) atoms. The van der Waals surface area contributed by atoms with Crippen molar-refractivity contribution in [3.63, 3.8) is 0 Å². The first-order valence-corrected chi connectivity index (χ1v) is 4.79. The molecule has 0 aliphatic carbocycles. The SMILES string of the molecule is COSSc1ccccn1. The van der Waals surface area contributed by atoms with E-state index in [0.717, 1.165) is 5.03 Å². The fourth-order valence-electron chi connectivity index (χ4n) is 0.465. The van der Waals surface area contributed by atoms with Crippen molar-refractivity contribution in [1.29, 1.82) is 0 Å². The lowest BCUT2D eigenvalue weighted by Gasteiger charge is -1.93. The molecule has 0 amide bonds. The zero-order chi connectivity index (χ0) is 7.23. The molecule has 0 fully saturated rings. The van der Waals surface area contributed by atoms with Gasteiger partial charge in [-0.15, -0.1) is 0 Å². The highest BCUT2D eigenvalue weighted by atomic mass is 33.1. The molecule has 0 saturated carbocycles. The minimum Gasteiger partial charge on any atom is -0.308 e. The van der Waals surface area contributed by atoms with E-state index in [2.05, 4.69) is 4.98 Å². The number of nitrogens with zero attached hydrogens (tertiary/aromatic N) is 1. The Labute approximate surface area is 68.0 Å². The maximum atomic E-state index is 4.79. The van der Waals surface area contributed by atoms with Gasteiger partial charge in [-0.25, -0.2) is 4.98 Å². The molecule has 4 heteroatoms. The molecule has 0 aromatic carbocycles. The monoisotopic (exact) mass is 173 g/mol. The van der Waals surface area contributed by atoms with Crippen LogP contribution in [0, 0.1) is 0 Å². The Kier molecular flexibility index (Phi) is 3.64. The van der Waals surface area contributed by atoms with Gasteiger partial charge in [-0.3, -0.25) is 0 Å². The van der Waals surface area contributed by atoms with E-state index in [1.165, 1.54) is 21.9 Å². The van der Waals surface area contributed by atoms with E-state index in [9.17, 15) is 0 Å². The van der Waals surface area contributed by atoms with Crippen LogP contribution in [0.4, 0.5) is 0 Å². The fourth-order valence-corrected chi connectivity index (χ4v) is 1.55. The number of hydrogen-bond donors (Lipinski definition) is 0. The number of rotatable bonds is 3. The van der Waals surface area contributed by atoms with Crippen LogP contribution in [0.25, 0.3) is 0 Å². The zero-order valence-electron chi connectivity index (χ0n) is 5.48. The molecule has 0 N–H and O–H groups in total. The maximum absolute atomic E-state index is 4.79. The Bertz CT molecular complexity index is 180. The van der Waals surface area contributed by atoms with Crippen molar-refractivity contribution in [3.8, 4) is 0 Å². The molecule has 2 nitrogen and oxygen atoms in total. The lowest BCUT2D eigenvalue weighted by Crippen LogP contribution is -1.72. The molecule has 0 bridgehead atoms. The Morgan fingerprint density at radius 1 is 1.50 bits per heavy atom. The Balaban J connectivity index is 2.43. The number of hydrogen-bond acceptors (Lipinski definition) is 4. The van der Waals surface area contributed by atoms with Gasteiger partial charge < -0.3 is 4.18 Å². The van der Waals surface area contributed by atoms with E-state index in [0.29, 0.717) is 0 Å². The third-order valence-electron chi connectivity index (χ3n) is 0.825. The molecule has 1 aromatic heterocycles. The number of aromatic nitrogens is 1. The van der Waals surface area contributed by atoms with Gasteiger partial charge in [-0.2, -0.15) is 0 Å². The highest BCUT2D eigenvalue weighted by molar-refractivity contribution is 8.74. The van der Waals surface area contributed by atoms with Gasteiger partial charge in [0.05, 0.1) is 18.2 Å².